The lowest BCUT2D eigenvalue weighted by Gasteiger charge is -2.32. The van der Waals surface area contributed by atoms with E-state index in [1.54, 1.807) is 0 Å². The molecule has 2 atom stereocenters. The van der Waals surface area contributed by atoms with Gasteiger partial charge in [-0.3, -0.25) is 4.79 Å². The maximum Gasteiger partial charge on any atom is 0.323 e. The van der Waals surface area contributed by atoms with E-state index in [0.29, 0.717) is 6.42 Å². The minimum atomic E-state index is -1.03. The van der Waals surface area contributed by atoms with Gasteiger partial charge in [0, 0.05) is 0 Å². The molecule has 0 rings (SSSR count). The molecule has 108 valence electrons. The van der Waals surface area contributed by atoms with Crippen molar-refractivity contribution in [3.8, 4) is 0 Å². The first-order chi connectivity index (χ1) is 8.52. The lowest BCUT2D eigenvalue weighted by Crippen LogP contribution is -2.53. The summed E-state index contributed by atoms with van der Waals surface area (Å²) < 4.78 is 0. The molecule has 0 spiro atoms. The Labute approximate surface area is 112 Å². The molecule has 3 nitrogen and oxygen atoms in total. The van der Waals surface area contributed by atoms with Crippen molar-refractivity contribution in [1.29, 1.82) is 0 Å². The highest BCUT2D eigenvalue weighted by Crippen LogP contribution is 2.27. The second-order valence-corrected chi connectivity index (χ2v) is 5.36. The number of hydrogen-bond donors (Lipinski definition) is 2. The van der Waals surface area contributed by atoms with Crippen molar-refractivity contribution in [2.75, 3.05) is 0 Å². The molecule has 0 aromatic rings. The molecule has 0 aliphatic rings. The zero-order chi connectivity index (χ0) is 14.0. The zero-order valence-corrected chi connectivity index (χ0v) is 12.4. The van der Waals surface area contributed by atoms with Crippen LogP contribution in [0.3, 0.4) is 0 Å². The maximum atomic E-state index is 11.3. The van der Waals surface area contributed by atoms with Gasteiger partial charge in [0.25, 0.3) is 0 Å². The summed E-state index contributed by atoms with van der Waals surface area (Å²) >= 11 is 0. The van der Waals surface area contributed by atoms with Crippen LogP contribution >= 0.6 is 0 Å². The number of hydrogen-bond acceptors (Lipinski definition) is 2. The van der Waals surface area contributed by atoms with Crippen LogP contribution in [0, 0.1) is 5.92 Å². The molecule has 18 heavy (non-hydrogen) atoms. The van der Waals surface area contributed by atoms with Crippen LogP contribution in [0.2, 0.25) is 0 Å². The van der Waals surface area contributed by atoms with Gasteiger partial charge < -0.3 is 10.8 Å². The van der Waals surface area contributed by atoms with Crippen molar-refractivity contribution in [2.45, 2.75) is 84.1 Å². The van der Waals surface area contributed by atoms with Crippen LogP contribution in [0.5, 0.6) is 0 Å². The molecule has 0 amide bonds. The van der Waals surface area contributed by atoms with E-state index >= 15 is 0 Å². The standard InChI is InChI=1S/C15H31NO2/c1-4-7-8-9-10-11-12-13(5-2)15(16,6-3)14(17)18/h13H,4-12,16H2,1-3H3,(H,17,18). The van der Waals surface area contributed by atoms with Crippen LogP contribution in [0.1, 0.15) is 78.6 Å². The predicted molar refractivity (Wildman–Crippen MR) is 76.6 cm³/mol. The third-order valence-corrected chi connectivity index (χ3v) is 4.11. The normalized spacial score (nSPS) is 16.2. The first-order valence-electron chi connectivity index (χ1n) is 7.55. The van der Waals surface area contributed by atoms with Gasteiger partial charge in [0.1, 0.15) is 5.54 Å². The summed E-state index contributed by atoms with van der Waals surface area (Å²) in [6.45, 7) is 6.13. The highest BCUT2D eigenvalue weighted by molar-refractivity contribution is 5.78. The minimum absolute atomic E-state index is 0.103. The third kappa shape index (κ3) is 5.38. The lowest BCUT2D eigenvalue weighted by molar-refractivity contribution is -0.146. The second kappa shape index (κ2) is 9.37. The van der Waals surface area contributed by atoms with E-state index in [4.69, 9.17) is 5.73 Å². The molecule has 0 aromatic carbocycles. The summed E-state index contributed by atoms with van der Waals surface area (Å²) in [5.41, 5.74) is 5.03. The van der Waals surface area contributed by atoms with E-state index in [0.717, 1.165) is 19.3 Å². The van der Waals surface area contributed by atoms with Gasteiger partial charge in [-0.2, -0.15) is 0 Å². The molecule has 2 unspecified atom stereocenters. The van der Waals surface area contributed by atoms with E-state index in [-0.39, 0.29) is 5.92 Å². The molecule has 0 bridgehead atoms. The summed E-state index contributed by atoms with van der Waals surface area (Å²) in [6.07, 6.45) is 9.75. The van der Waals surface area contributed by atoms with Crippen LogP contribution < -0.4 is 5.73 Å². The van der Waals surface area contributed by atoms with E-state index in [2.05, 4.69) is 6.92 Å². The van der Waals surface area contributed by atoms with Crippen molar-refractivity contribution in [3.05, 3.63) is 0 Å². The molecule has 3 N–H and O–H groups in total. The van der Waals surface area contributed by atoms with Gasteiger partial charge in [0.05, 0.1) is 0 Å². The molecule has 0 aliphatic carbocycles. The number of unbranched alkanes of at least 4 members (excludes halogenated alkanes) is 5. The molecule has 0 aromatic heterocycles. The van der Waals surface area contributed by atoms with E-state index in [1.165, 1.54) is 32.1 Å². The highest BCUT2D eigenvalue weighted by atomic mass is 16.4. The van der Waals surface area contributed by atoms with Gasteiger partial charge in [0.15, 0.2) is 0 Å². The fraction of sp³-hybridized carbons (Fsp3) is 0.933. The summed E-state index contributed by atoms with van der Waals surface area (Å²) in [7, 11) is 0. The van der Waals surface area contributed by atoms with Gasteiger partial charge >= 0.3 is 5.97 Å². The topological polar surface area (TPSA) is 63.3 Å². The Morgan fingerprint density at radius 2 is 1.67 bits per heavy atom. The van der Waals surface area contributed by atoms with Crippen molar-refractivity contribution < 1.29 is 9.90 Å². The van der Waals surface area contributed by atoms with Gasteiger partial charge in [0.2, 0.25) is 0 Å². The number of aliphatic carboxylic acids is 1. The average Bonchev–Trinajstić information content (AvgIpc) is 2.37. The Balaban J connectivity index is 4.06. The first kappa shape index (κ1) is 17.4. The van der Waals surface area contributed by atoms with Crippen molar-refractivity contribution in [3.63, 3.8) is 0 Å². The zero-order valence-electron chi connectivity index (χ0n) is 12.4. The first-order valence-corrected chi connectivity index (χ1v) is 7.55. The largest absolute Gasteiger partial charge is 0.480 e. The molecule has 0 saturated carbocycles. The molecule has 0 fully saturated rings. The number of nitrogens with two attached hydrogens (primary N) is 1. The number of carbonyl (C=O) groups is 1. The molecular formula is C15H31NO2. The summed E-state index contributed by atoms with van der Waals surface area (Å²) in [5.74, 6) is -0.742. The molecule has 0 aliphatic heterocycles. The van der Waals surface area contributed by atoms with E-state index in [9.17, 15) is 9.90 Å². The van der Waals surface area contributed by atoms with Gasteiger partial charge in [-0.15, -0.1) is 0 Å². The SMILES string of the molecule is CCCCCCCCC(CC)C(N)(CC)C(=O)O. The Bertz CT molecular complexity index is 231. The second-order valence-electron chi connectivity index (χ2n) is 5.36. The van der Waals surface area contributed by atoms with Gasteiger partial charge in [-0.1, -0.05) is 65.7 Å². The Kier molecular flexibility index (Phi) is 9.08. The van der Waals surface area contributed by atoms with Crippen LogP contribution in [-0.2, 0) is 4.79 Å². The number of carboxylic acids is 1. The highest BCUT2D eigenvalue weighted by Gasteiger charge is 2.38. The summed E-state index contributed by atoms with van der Waals surface area (Å²) in [5, 5.41) is 9.28. The maximum absolute atomic E-state index is 11.3. The van der Waals surface area contributed by atoms with Crippen LogP contribution in [0.4, 0.5) is 0 Å². The predicted octanol–water partition coefficient (Wildman–Crippen LogP) is 3.96. The Hall–Kier alpha value is -0.570. The average molecular weight is 257 g/mol. The molecular weight excluding hydrogens is 226 g/mol. The summed E-state index contributed by atoms with van der Waals surface area (Å²) in [4.78, 5) is 11.3. The quantitative estimate of drug-likeness (QED) is 0.551. The number of carboxylic acid groups (broad SMARTS) is 1. The Morgan fingerprint density at radius 3 is 2.11 bits per heavy atom. The summed E-state index contributed by atoms with van der Waals surface area (Å²) in [6, 6.07) is 0. The molecule has 0 heterocycles. The minimum Gasteiger partial charge on any atom is -0.480 e. The van der Waals surface area contributed by atoms with Crippen LogP contribution in [-0.4, -0.2) is 16.6 Å². The fourth-order valence-corrected chi connectivity index (χ4v) is 2.61. The van der Waals surface area contributed by atoms with Gasteiger partial charge in [-0.25, -0.2) is 0 Å². The van der Waals surface area contributed by atoms with Crippen LogP contribution in [0.25, 0.3) is 0 Å². The van der Waals surface area contributed by atoms with Crippen molar-refractivity contribution in [2.24, 2.45) is 11.7 Å². The van der Waals surface area contributed by atoms with Crippen LogP contribution in [0.15, 0.2) is 0 Å². The smallest absolute Gasteiger partial charge is 0.323 e. The Morgan fingerprint density at radius 1 is 1.11 bits per heavy atom. The monoisotopic (exact) mass is 257 g/mol. The number of rotatable bonds is 11. The van der Waals surface area contributed by atoms with Crippen molar-refractivity contribution in [1.82, 2.24) is 0 Å². The van der Waals surface area contributed by atoms with E-state index < -0.39 is 11.5 Å². The van der Waals surface area contributed by atoms with Gasteiger partial charge in [-0.05, 0) is 18.8 Å². The fourth-order valence-electron chi connectivity index (χ4n) is 2.61. The molecule has 3 heteroatoms. The van der Waals surface area contributed by atoms with E-state index in [1.807, 2.05) is 13.8 Å². The van der Waals surface area contributed by atoms with Crippen molar-refractivity contribution >= 4 is 5.97 Å². The lowest BCUT2D eigenvalue weighted by atomic mass is 9.77. The molecule has 0 radical (unpaired) electrons. The molecule has 0 saturated heterocycles. The third-order valence-electron chi connectivity index (χ3n) is 4.11.